The fourth-order valence-electron chi connectivity index (χ4n) is 0.610. The Labute approximate surface area is 100 Å². The van der Waals surface area contributed by atoms with Crippen LogP contribution in [0.25, 0.3) is 0 Å². The summed E-state index contributed by atoms with van der Waals surface area (Å²) < 4.78 is 13.8. The van der Waals surface area contributed by atoms with Crippen molar-refractivity contribution in [2.75, 3.05) is 0 Å². The Balaban J connectivity index is 0. The molecule has 0 unspecified atom stereocenters. The molecule has 5 nitrogen and oxygen atoms in total. The SMILES string of the molecule is CC(C)(C)OC(=O)OC(=O)OC(C)(C)C.[Si]. The van der Waals surface area contributed by atoms with Gasteiger partial charge in [0.15, 0.2) is 0 Å². The van der Waals surface area contributed by atoms with E-state index in [0.717, 1.165) is 0 Å². The van der Waals surface area contributed by atoms with Gasteiger partial charge in [-0.05, 0) is 41.5 Å². The van der Waals surface area contributed by atoms with E-state index in [0.29, 0.717) is 0 Å². The Morgan fingerprint density at radius 3 is 1.19 bits per heavy atom. The minimum atomic E-state index is -1.06. The number of hydrogen-bond donors (Lipinski definition) is 0. The second-order valence-corrected chi connectivity index (χ2v) is 5.03. The topological polar surface area (TPSA) is 61.8 Å². The van der Waals surface area contributed by atoms with E-state index in [-0.39, 0.29) is 11.0 Å². The summed E-state index contributed by atoms with van der Waals surface area (Å²) in [6.45, 7) is 10.0. The summed E-state index contributed by atoms with van der Waals surface area (Å²) in [5.74, 6) is 0. The van der Waals surface area contributed by atoms with Crippen LogP contribution in [0.2, 0.25) is 0 Å². The smallest absolute Gasteiger partial charge is 0.428 e. The van der Waals surface area contributed by atoms with Crippen molar-refractivity contribution in [1.29, 1.82) is 0 Å². The molecule has 0 aliphatic heterocycles. The van der Waals surface area contributed by atoms with Gasteiger partial charge in [0.1, 0.15) is 11.2 Å². The summed E-state index contributed by atoms with van der Waals surface area (Å²) in [7, 11) is 0. The summed E-state index contributed by atoms with van der Waals surface area (Å²) in [6.07, 6.45) is -2.12. The van der Waals surface area contributed by atoms with Gasteiger partial charge in [0.25, 0.3) is 0 Å². The standard InChI is InChI=1S/C10H18O5.Si/c1-9(2,3)14-7(11)13-8(12)15-10(4,5)6;/h1-6H3;. The van der Waals surface area contributed by atoms with Crippen LogP contribution in [0, 0.1) is 0 Å². The Morgan fingerprint density at radius 1 is 0.750 bits per heavy atom. The fourth-order valence-corrected chi connectivity index (χ4v) is 0.610. The van der Waals surface area contributed by atoms with Gasteiger partial charge in [0, 0.05) is 11.0 Å². The Kier molecular flexibility index (Phi) is 6.38. The molecule has 92 valence electrons. The molecule has 0 rings (SSSR count). The van der Waals surface area contributed by atoms with Crippen LogP contribution < -0.4 is 0 Å². The summed E-state index contributed by atoms with van der Waals surface area (Å²) >= 11 is 0. The molecule has 0 aromatic carbocycles. The minimum Gasteiger partial charge on any atom is -0.428 e. The molecule has 0 heterocycles. The molecule has 0 aliphatic carbocycles. The molecule has 0 saturated heterocycles. The van der Waals surface area contributed by atoms with Crippen LogP contribution in [0.15, 0.2) is 0 Å². The van der Waals surface area contributed by atoms with E-state index in [2.05, 4.69) is 4.74 Å². The molecular weight excluding hydrogens is 228 g/mol. The number of ether oxygens (including phenoxy) is 3. The first-order valence-corrected chi connectivity index (χ1v) is 4.63. The first kappa shape index (κ1) is 17.4. The predicted octanol–water partition coefficient (Wildman–Crippen LogP) is 2.49. The Morgan fingerprint density at radius 2 is 1.00 bits per heavy atom. The lowest BCUT2D eigenvalue weighted by Crippen LogP contribution is -2.29. The third-order valence-corrected chi connectivity index (χ3v) is 0.946. The molecule has 0 spiro atoms. The highest BCUT2D eigenvalue weighted by atomic mass is 28.1. The molecule has 0 aromatic rings. The van der Waals surface area contributed by atoms with Crippen LogP contribution >= 0.6 is 0 Å². The first-order valence-electron chi connectivity index (χ1n) is 4.63. The van der Waals surface area contributed by atoms with E-state index >= 15 is 0 Å². The maximum absolute atomic E-state index is 11.0. The van der Waals surface area contributed by atoms with Gasteiger partial charge in [-0.15, -0.1) is 0 Å². The largest absolute Gasteiger partial charge is 0.519 e. The molecule has 6 heteroatoms. The van der Waals surface area contributed by atoms with Gasteiger partial charge < -0.3 is 14.2 Å². The van der Waals surface area contributed by atoms with Crippen LogP contribution in [0.3, 0.4) is 0 Å². The van der Waals surface area contributed by atoms with Gasteiger partial charge in [-0.25, -0.2) is 9.59 Å². The van der Waals surface area contributed by atoms with E-state index in [9.17, 15) is 9.59 Å². The fraction of sp³-hybridized carbons (Fsp3) is 0.800. The molecule has 16 heavy (non-hydrogen) atoms. The highest BCUT2D eigenvalue weighted by molar-refractivity contribution is 5.77. The summed E-state index contributed by atoms with van der Waals surface area (Å²) in [5, 5.41) is 0. The molecule has 0 amide bonds. The Bertz CT molecular complexity index is 223. The van der Waals surface area contributed by atoms with Crippen molar-refractivity contribution in [2.24, 2.45) is 0 Å². The third kappa shape index (κ3) is 11.0. The second-order valence-electron chi connectivity index (χ2n) is 5.03. The number of carbonyl (C=O) groups is 2. The van der Waals surface area contributed by atoms with Gasteiger partial charge in [0.2, 0.25) is 0 Å². The van der Waals surface area contributed by atoms with Gasteiger partial charge in [0.05, 0.1) is 0 Å². The van der Waals surface area contributed by atoms with Crippen LogP contribution in [0.1, 0.15) is 41.5 Å². The average molecular weight is 246 g/mol. The molecule has 0 bridgehead atoms. The lowest BCUT2D eigenvalue weighted by molar-refractivity contribution is -0.0293. The molecule has 0 aliphatic rings. The summed E-state index contributed by atoms with van der Waals surface area (Å²) in [4.78, 5) is 22.0. The zero-order valence-electron chi connectivity index (χ0n) is 10.5. The number of hydrogen-bond acceptors (Lipinski definition) is 5. The monoisotopic (exact) mass is 246 g/mol. The van der Waals surface area contributed by atoms with Crippen LogP contribution in [0.4, 0.5) is 9.59 Å². The van der Waals surface area contributed by atoms with Crippen molar-refractivity contribution in [3.63, 3.8) is 0 Å². The van der Waals surface area contributed by atoms with Crippen molar-refractivity contribution >= 4 is 23.3 Å². The molecule has 4 radical (unpaired) electrons. The van der Waals surface area contributed by atoms with E-state index in [1.807, 2.05) is 0 Å². The quantitative estimate of drug-likeness (QED) is 0.373. The van der Waals surface area contributed by atoms with Gasteiger partial charge in [-0.3, -0.25) is 0 Å². The van der Waals surface area contributed by atoms with Crippen molar-refractivity contribution in [1.82, 2.24) is 0 Å². The van der Waals surface area contributed by atoms with E-state index in [4.69, 9.17) is 9.47 Å². The third-order valence-electron chi connectivity index (χ3n) is 0.946. The zero-order valence-corrected chi connectivity index (χ0v) is 11.5. The van der Waals surface area contributed by atoms with Gasteiger partial charge in [-0.2, -0.15) is 0 Å². The molecule has 0 aromatic heterocycles. The predicted molar refractivity (Wildman–Crippen MR) is 59.3 cm³/mol. The van der Waals surface area contributed by atoms with E-state index < -0.39 is 23.5 Å². The number of rotatable bonds is 0. The van der Waals surface area contributed by atoms with E-state index in [1.54, 1.807) is 41.5 Å². The maximum atomic E-state index is 11.0. The summed E-state index contributed by atoms with van der Waals surface area (Å²) in [6, 6.07) is 0. The average Bonchev–Trinajstić information content (AvgIpc) is 1.73. The van der Waals surface area contributed by atoms with Gasteiger partial charge >= 0.3 is 12.3 Å². The Hall–Kier alpha value is -1.04. The second kappa shape index (κ2) is 5.88. The minimum absolute atomic E-state index is 0. The zero-order chi connectivity index (χ0) is 12.3. The van der Waals surface area contributed by atoms with Gasteiger partial charge in [-0.1, -0.05) is 0 Å². The molecular formula is C10H18O5Si. The van der Waals surface area contributed by atoms with Crippen molar-refractivity contribution in [3.05, 3.63) is 0 Å². The highest BCUT2D eigenvalue weighted by Gasteiger charge is 2.24. The maximum Gasteiger partial charge on any atom is 0.519 e. The first-order chi connectivity index (χ1) is 6.49. The van der Waals surface area contributed by atoms with Crippen LogP contribution in [0.5, 0.6) is 0 Å². The van der Waals surface area contributed by atoms with Crippen molar-refractivity contribution in [2.45, 2.75) is 52.7 Å². The van der Waals surface area contributed by atoms with Crippen molar-refractivity contribution < 1.29 is 23.8 Å². The number of carbonyl (C=O) groups excluding carboxylic acids is 2. The highest BCUT2D eigenvalue weighted by Crippen LogP contribution is 2.11. The summed E-state index contributed by atoms with van der Waals surface area (Å²) in [5.41, 5.74) is -1.39. The van der Waals surface area contributed by atoms with E-state index in [1.165, 1.54) is 0 Å². The van der Waals surface area contributed by atoms with Crippen LogP contribution in [-0.4, -0.2) is 34.5 Å². The lowest BCUT2D eigenvalue weighted by atomic mass is 10.2. The molecule has 0 N–H and O–H groups in total. The van der Waals surface area contributed by atoms with Crippen molar-refractivity contribution in [3.8, 4) is 0 Å². The molecule has 0 saturated carbocycles. The normalized spacial score (nSPS) is 11.1. The lowest BCUT2D eigenvalue weighted by Gasteiger charge is -2.20. The molecule has 0 atom stereocenters. The van der Waals surface area contributed by atoms with Crippen LogP contribution in [-0.2, 0) is 14.2 Å². The molecule has 0 fully saturated rings.